The highest BCUT2D eigenvalue weighted by molar-refractivity contribution is 5.29. The third-order valence-electron chi connectivity index (χ3n) is 2.94. The van der Waals surface area contributed by atoms with Crippen molar-refractivity contribution in [3.63, 3.8) is 0 Å². The molecule has 1 aromatic carbocycles. The van der Waals surface area contributed by atoms with Crippen molar-refractivity contribution >= 4 is 0 Å². The minimum atomic E-state index is 0.139. The Hall–Kier alpha value is -1.02. The van der Waals surface area contributed by atoms with Crippen LogP contribution in [0, 0.1) is 5.41 Å². The topological polar surface area (TPSA) is 35.2 Å². The van der Waals surface area contributed by atoms with E-state index in [0.29, 0.717) is 0 Å². The van der Waals surface area contributed by atoms with Gasteiger partial charge in [-0.15, -0.1) is 0 Å². The maximum atomic E-state index is 6.19. The van der Waals surface area contributed by atoms with Crippen molar-refractivity contribution < 1.29 is 4.74 Å². The monoisotopic (exact) mass is 235 g/mol. The molecule has 0 saturated carbocycles. The molecule has 0 amide bonds. The van der Waals surface area contributed by atoms with E-state index in [-0.39, 0.29) is 11.5 Å². The molecule has 0 aliphatic carbocycles. The lowest BCUT2D eigenvalue weighted by Gasteiger charge is -2.27. The van der Waals surface area contributed by atoms with E-state index in [2.05, 4.69) is 39.8 Å². The maximum absolute atomic E-state index is 6.19. The third-order valence-corrected chi connectivity index (χ3v) is 2.94. The van der Waals surface area contributed by atoms with Crippen LogP contribution in [0.15, 0.2) is 24.3 Å². The molecule has 2 N–H and O–H groups in total. The first-order chi connectivity index (χ1) is 7.93. The second kappa shape index (κ2) is 6.06. The average Bonchev–Trinajstić information content (AvgIpc) is 2.25. The van der Waals surface area contributed by atoms with Crippen LogP contribution in [0.2, 0.25) is 0 Å². The summed E-state index contributed by atoms with van der Waals surface area (Å²) in [6, 6.07) is 8.42. The Morgan fingerprint density at radius 1 is 1.29 bits per heavy atom. The quantitative estimate of drug-likeness (QED) is 0.849. The molecule has 0 bridgehead atoms. The Bertz CT molecular complexity index is 341. The van der Waals surface area contributed by atoms with Gasteiger partial charge in [0.15, 0.2) is 0 Å². The molecule has 0 fully saturated rings. The highest BCUT2D eigenvalue weighted by Crippen LogP contribution is 2.22. The highest BCUT2D eigenvalue weighted by atomic mass is 16.5. The van der Waals surface area contributed by atoms with E-state index < -0.39 is 0 Å². The van der Waals surface area contributed by atoms with Crippen molar-refractivity contribution in [2.24, 2.45) is 11.1 Å². The molecule has 96 valence electrons. The van der Waals surface area contributed by atoms with Gasteiger partial charge in [-0.1, -0.05) is 39.8 Å². The fraction of sp³-hybridized carbons (Fsp3) is 0.600. The molecule has 1 aromatic rings. The van der Waals surface area contributed by atoms with E-state index in [1.165, 1.54) is 5.56 Å². The lowest BCUT2D eigenvalue weighted by atomic mass is 9.84. The first-order valence-electron chi connectivity index (χ1n) is 6.41. The van der Waals surface area contributed by atoms with Gasteiger partial charge < -0.3 is 10.5 Å². The SMILES string of the molecule is CCCOc1cccc(CC(N)C(C)(C)C)c1. The highest BCUT2D eigenvalue weighted by Gasteiger charge is 2.20. The summed E-state index contributed by atoms with van der Waals surface area (Å²) >= 11 is 0. The lowest BCUT2D eigenvalue weighted by Crippen LogP contribution is -2.36. The van der Waals surface area contributed by atoms with E-state index in [1.807, 2.05) is 12.1 Å². The van der Waals surface area contributed by atoms with Crippen LogP contribution in [-0.2, 0) is 6.42 Å². The third kappa shape index (κ3) is 4.78. The fourth-order valence-corrected chi connectivity index (χ4v) is 1.54. The van der Waals surface area contributed by atoms with Gasteiger partial charge in [0.05, 0.1) is 6.61 Å². The van der Waals surface area contributed by atoms with Crippen molar-refractivity contribution in [2.75, 3.05) is 6.61 Å². The molecule has 1 unspecified atom stereocenters. The molecule has 0 radical (unpaired) electrons. The van der Waals surface area contributed by atoms with Gasteiger partial charge in [0.2, 0.25) is 0 Å². The second-order valence-electron chi connectivity index (χ2n) is 5.67. The first-order valence-corrected chi connectivity index (χ1v) is 6.41. The standard InChI is InChI=1S/C15H25NO/c1-5-9-17-13-8-6-7-12(10-13)11-14(16)15(2,3)4/h6-8,10,14H,5,9,11,16H2,1-4H3. The lowest BCUT2D eigenvalue weighted by molar-refractivity contribution is 0.312. The van der Waals surface area contributed by atoms with Gasteiger partial charge in [0, 0.05) is 6.04 Å². The summed E-state index contributed by atoms with van der Waals surface area (Å²) in [5.74, 6) is 0.949. The smallest absolute Gasteiger partial charge is 0.119 e. The van der Waals surface area contributed by atoms with Crippen molar-refractivity contribution in [2.45, 2.75) is 46.6 Å². The first kappa shape index (κ1) is 14.0. The summed E-state index contributed by atoms with van der Waals surface area (Å²) < 4.78 is 5.62. The second-order valence-corrected chi connectivity index (χ2v) is 5.67. The number of ether oxygens (including phenoxy) is 1. The summed E-state index contributed by atoms with van der Waals surface area (Å²) in [4.78, 5) is 0. The largest absolute Gasteiger partial charge is 0.494 e. The molecule has 0 aliphatic rings. The van der Waals surface area contributed by atoms with Crippen LogP contribution in [0.4, 0.5) is 0 Å². The molecule has 0 aliphatic heterocycles. The molecule has 0 aromatic heterocycles. The van der Waals surface area contributed by atoms with Crippen LogP contribution in [0.25, 0.3) is 0 Å². The van der Waals surface area contributed by atoms with Crippen LogP contribution in [0.1, 0.15) is 39.7 Å². The predicted octanol–water partition coefficient (Wildman–Crippen LogP) is 3.39. The van der Waals surface area contributed by atoms with Crippen molar-refractivity contribution in [3.05, 3.63) is 29.8 Å². The Morgan fingerprint density at radius 2 is 2.00 bits per heavy atom. The summed E-state index contributed by atoms with van der Waals surface area (Å²) in [5, 5.41) is 0. The summed E-state index contributed by atoms with van der Waals surface area (Å²) in [5.41, 5.74) is 7.58. The predicted molar refractivity (Wildman–Crippen MR) is 73.4 cm³/mol. The zero-order chi connectivity index (χ0) is 12.9. The number of hydrogen-bond acceptors (Lipinski definition) is 2. The van der Waals surface area contributed by atoms with Gasteiger partial charge >= 0.3 is 0 Å². The molecular weight excluding hydrogens is 210 g/mol. The van der Waals surface area contributed by atoms with E-state index in [1.54, 1.807) is 0 Å². The Labute approximate surface area is 105 Å². The van der Waals surface area contributed by atoms with Crippen LogP contribution >= 0.6 is 0 Å². The summed E-state index contributed by atoms with van der Waals surface area (Å²) in [6.45, 7) is 9.41. The normalized spacial score (nSPS) is 13.5. The van der Waals surface area contributed by atoms with E-state index >= 15 is 0 Å². The molecule has 2 heteroatoms. The van der Waals surface area contributed by atoms with Gasteiger partial charge in [-0.3, -0.25) is 0 Å². The molecule has 1 rings (SSSR count). The minimum Gasteiger partial charge on any atom is -0.494 e. The van der Waals surface area contributed by atoms with Crippen LogP contribution < -0.4 is 10.5 Å². The maximum Gasteiger partial charge on any atom is 0.119 e. The average molecular weight is 235 g/mol. The molecule has 0 spiro atoms. The zero-order valence-electron chi connectivity index (χ0n) is 11.5. The fourth-order valence-electron chi connectivity index (χ4n) is 1.54. The van der Waals surface area contributed by atoms with Crippen molar-refractivity contribution in [3.8, 4) is 5.75 Å². The van der Waals surface area contributed by atoms with Gasteiger partial charge in [0.1, 0.15) is 5.75 Å². The van der Waals surface area contributed by atoms with Crippen molar-refractivity contribution in [1.82, 2.24) is 0 Å². The van der Waals surface area contributed by atoms with E-state index in [9.17, 15) is 0 Å². The van der Waals surface area contributed by atoms with E-state index in [4.69, 9.17) is 10.5 Å². The molecule has 2 nitrogen and oxygen atoms in total. The Balaban J connectivity index is 2.65. The molecule has 0 saturated heterocycles. The zero-order valence-corrected chi connectivity index (χ0v) is 11.5. The Morgan fingerprint density at radius 3 is 2.59 bits per heavy atom. The minimum absolute atomic E-state index is 0.139. The molecule has 0 heterocycles. The van der Waals surface area contributed by atoms with E-state index in [0.717, 1.165) is 25.2 Å². The Kier molecular flexibility index (Phi) is 5.01. The van der Waals surface area contributed by atoms with Crippen LogP contribution in [0.5, 0.6) is 5.75 Å². The number of rotatable bonds is 5. The van der Waals surface area contributed by atoms with Gasteiger partial charge in [0.25, 0.3) is 0 Å². The van der Waals surface area contributed by atoms with Gasteiger partial charge in [-0.25, -0.2) is 0 Å². The van der Waals surface area contributed by atoms with Crippen LogP contribution in [-0.4, -0.2) is 12.6 Å². The molecule has 1 atom stereocenters. The molecule has 17 heavy (non-hydrogen) atoms. The van der Waals surface area contributed by atoms with Gasteiger partial charge in [-0.05, 0) is 36.0 Å². The summed E-state index contributed by atoms with van der Waals surface area (Å²) in [6.07, 6.45) is 1.93. The van der Waals surface area contributed by atoms with Gasteiger partial charge in [-0.2, -0.15) is 0 Å². The number of benzene rings is 1. The number of nitrogens with two attached hydrogens (primary N) is 1. The summed E-state index contributed by atoms with van der Waals surface area (Å²) in [7, 11) is 0. The number of hydrogen-bond donors (Lipinski definition) is 1. The van der Waals surface area contributed by atoms with Crippen LogP contribution in [0.3, 0.4) is 0 Å². The molecular formula is C15H25NO. The van der Waals surface area contributed by atoms with Crippen molar-refractivity contribution in [1.29, 1.82) is 0 Å².